The van der Waals surface area contributed by atoms with E-state index in [1.807, 2.05) is 0 Å². The Kier molecular flexibility index (Phi) is 0.333. The first-order chi connectivity index (χ1) is 3.72. The van der Waals surface area contributed by atoms with Gasteiger partial charge >= 0.3 is 0 Å². The molecule has 0 amide bonds. The molecule has 1 heterocycles. The zero-order valence-corrected chi connectivity index (χ0v) is 3.47. The lowest BCUT2D eigenvalue weighted by Crippen LogP contribution is -1.76. The van der Waals surface area contributed by atoms with Gasteiger partial charge in [-0.15, -0.1) is 0 Å². The monoisotopic (exact) mass is 84.1 g/mol. The Hall–Kier alpha value is -0.790. The summed E-state index contributed by atoms with van der Waals surface area (Å²) >= 11 is 0. The van der Waals surface area contributed by atoms with Gasteiger partial charge in [0.1, 0.15) is 1.37 Å². The first kappa shape index (κ1) is 1.78. The van der Waals surface area contributed by atoms with Crippen LogP contribution in [0.2, 0.25) is 0 Å². The summed E-state index contributed by atoms with van der Waals surface area (Å²) in [6, 6.07) is 0. The maximum absolute atomic E-state index is 7.02. The highest BCUT2D eigenvalue weighted by atomic mass is 15.0. The van der Waals surface area contributed by atoms with E-state index >= 15 is 0 Å². The molecule has 0 saturated heterocycles. The van der Waals surface area contributed by atoms with E-state index in [9.17, 15) is 0 Å². The van der Waals surface area contributed by atoms with Gasteiger partial charge in [-0.3, -0.25) is 0 Å². The Bertz CT molecular complexity index is 174. The highest BCUT2D eigenvalue weighted by Gasteiger charge is 1.69. The van der Waals surface area contributed by atoms with Gasteiger partial charge < -0.3 is 4.57 Å². The molecule has 0 saturated carbocycles. The summed E-state index contributed by atoms with van der Waals surface area (Å²) in [5.41, 5.74) is 0. The number of hydrogen-bond acceptors (Lipinski definition) is 1. The molecule has 0 aromatic carbocycles. The Morgan fingerprint density at radius 1 is 2.00 bits per heavy atom. The van der Waals surface area contributed by atoms with Gasteiger partial charge in [-0.1, -0.05) is 0 Å². The second-order valence-electron chi connectivity index (χ2n) is 1.05. The largest absolute Gasteiger partial charge is 0.341 e. The van der Waals surface area contributed by atoms with Crippen molar-refractivity contribution >= 4 is 0 Å². The summed E-state index contributed by atoms with van der Waals surface area (Å²) in [5, 5.41) is 0. The molecule has 0 unspecified atom stereocenters. The van der Waals surface area contributed by atoms with Crippen molar-refractivity contribution in [2.45, 2.75) is 0 Å². The van der Waals surface area contributed by atoms with Gasteiger partial charge in [-0.25, -0.2) is 4.98 Å². The molecule has 0 spiro atoms. The van der Waals surface area contributed by atoms with Crippen LogP contribution in [0.1, 0.15) is 2.74 Å². The molecule has 0 atom stereocenters. The standard InChI is InChI=1S/C4H6N2/c1-6-3-2-5-4-6/h2-4H,1H3/i3D,4D. The van der Waals surface area contributed by atoms with E-state index in [1.54, 1.807) is 7.05 Å². The van der Waals surface area contributed by atoms with E-state index in [1.165, 1.54) is 10.8 Å². The molecule has 0 aliphatic rings. The van der Waals surface area contributed by atoms with Crippen LogP contribution in [0, 0.1) is 0 Å². The van der Waals surface area contributed by atoms with E-state index < -0.39 is 0 Å². The Morgan fingerprint density at radius 3 is 3.00 bits per heavy atom. The first-order valence-corrected chi connectivity index (χ1v) is 1.66. The van der Waals surface area contributed by atoms with Crippen LogP contribution in [0.5, 0.6) is 0 Å². The van der Waals surface area contributed by atoms with Crippen molar-refractivity contribution in [2.75, 3.05) is 0 Å². The Morgan fingerprint density at radius 2 is 2.83 bits per heavy atom. The molecule has 0 bridgehead atoms. The van der Waals surface area contributed by atoms with Crippen LogP contribution >= 0.6 is 0 Å². The summed E-state index contributed by atoms with van der Waals surface area (Å²) in [6.07, 6.45) is 1.76. The number of imidazole rings is 1. The van der Waals surface area contributed by atoms with Crippen molar-refractivity contribution in [1.82, 2.24) is 9.55 Å². The Labute approximate surface area is 39.2 Å². The molecule has 2 nitrogen and oxygen atoms in total. The average molecular weight is 84.1 g/mol. The molecule has 0 aliphatic heterocycles. The van der Waals surface area contributed by atoms with Crippen LogP contribution in [-0.4, -0.2) is 9.55 Å². The van der Waals surface area contributed by atoms with Crippen molar-refractivity contribution < 1.29 is 2.74 Å². The zero-order valence-electron chi connectivity index (χ0n) is 5.47. The van der Waals surface area contributed by atoms with Crippen LogP contribution < -0.4 is 0 Å². The van der Waals surface area contributed by atoms with E-state index in [2.05, 4.69) is 4.98 Å². The molecule has 32 valence electrons. The van der Waals surface area contributed by atoms with Crippen molar-refractivity contribution in [3.8, 4) is 0 Å². The SMILES string of the molecule is [2H]c1cnc([2H])n1C. The van der Waals surface area contributed by atoms with Gasteiger partial charge in [0, 0.05) is 19.4 Å². The molecule has 1 aromatic rings. The third kappa shape index (κ3) is 0.407. The summed E-state index contributed by atoms with van der Waals surface area (Å²) < 4.78 is 15.4. The second kappa shape index (κ2) is 1.12. The second-order valence-corrected chi connectivity index (χ2v) is 1.05. The minimum atomic E-state index is 0.134. The Balaban J connectivity index is 3.19. The maximum Gasteiger partial charge on any atom is 0.104 e. The molecule has 0 fully saturated rings. The van der Waals surface area contributed by atoms with Crippen LogP contribution in [-0.2, 0) is 7.05 Å². The highest BCUT2D eigenvalue weighted by Crippen LogP contribution is 1.73. The lowest BCUT2D eigenvalue weighted by Gasteiger charge is -1.76. The molecule has 0 N–H and O–H groups in total. The molecule has 0 radical (unpaired) electrons. The van der Waals surface area contributed by atoms with Crippen molar-refractivity contribution in [1.29, 1.82) is 0 Å². The van der Waals surface area contributed by atoms with E-state index in [-0.39, 0.29) is 12.5 Å². The summed E-state index contributed by atoms with van der Waals surface area (Å²) in [7, 11) is 1.64. The van der Waals surface area contributed by atoms with Crippen LogP contribution in [0.15, 0.2) is 18.7 Å². The fraction of sp³-hybridized carbons (Fsp3) is 0.250. The smallest absolute Gasteiger partial charge is 0.104 e. The molecular weight excluding hydrogens is 76.1 g/mol. The van der Waals surface area contributed by atoms with Gasteiger partial charge in [-0.2, -0.15) is 0 Å². The summed E-state index contributed by atoms with van der Waals surface area (Å²) in [5.74, 6) is 0. The van der Waals surface area contributed by atoms with Crippen LogP contribution in [0.4, 0.5) is 0 Å². The normalized spacial score (nSPS) is 13.5. The molecule has 6 heavy (non-hydrogen) atoms. The van der Waals surface area contributed by atoms with Crippen molar-refractivity contribution in [2.24, 2.45) is 7.05 Å². The summed E-state index contributed by atoms with van der Waals surface area (Å²) in [6.45, 7) is 0. The van der Waals surface area contributed by atoms with E-state index in [0.717, 1.165) is 0 Å². The average Bonchev–Trinajstić information content (AvgIpc) is 1.98. The van der Waals surface area contributed by atoms with E-state index in [0.29, 0.717) is 0 Å². The number of rotatable bonds is 0. The van der Waals surface area contributed by atoms with Crippen LogP contribution in [0.25, 0.3) is 0 Å². The maximum atomic E-state index is 7.02. The molecule has 1 aromatic heterocycles. The lowest BCUT2D eigenvalue weighted by molar-refractivity contribution is 0.913. The third-order valence-corrected chi connectivity index (χ3v) is 0.524. The number of aromatic nitrogens is 2. The minimum absolute atomic E-state index is 0.134. The molecule has 2 heteroatoms. The fourth-order valence-electron chi connectivity index (χ4n) is 0.260. The molecule has 0 aliphatic carbocycles. The predicted molar refractivity (Wildman–Crippen MR) is 23.2 cm³/mol. The van der Waals surface area contributed by atoms with Gasteiger partial charge in [0.25, 0.3) is 0 Å². The third-order valence-electron chi connectivity index (χ3n) is 0.524. The van der Waals surface area contributed by atoms with Gasteiger partial charge in [0.05, 0.1) is 7.67 Å². The molecular formula is C4H6N2. The van der Waals surface area contributed by atoms with Gasteiger partial charge in [-0.05, 0) is 0 Å². The quantitative estimate of drug-likeness (QED) is 0.445. The predicted octanol–water partition coefficient (Wildman–Crippen LogP) is 0.420. The van der Waals surface area contributed by atoms with Gasteiger partial charge in [0.2, 0.25) is 0 Å². The van der Waals surface area contributed by atoms with Crippen molar-refractivity contribution in [3.05, 3.63) is 18.7 Å². The number of nitrogens with zero attached hydrogens (tertiary/aromatic N) is 2. The highest BCUT2D eigenvalue weighted by molar-refractivity contribution is 4.70. The summed E-state index contributed by atoms with van der Waals surface area (Å²) in [4.78, 5) is 3.56. The van der Waals surface area contributed by atoms with Crippen LogP contribution in [0.3, 0.4) is 0 Å². The number of hydrogen-bond donors (Lipinski definition) is 0. The minimum Gasteiger partial charge on any atom is -0.341 e. The first-order valence-electron chi connectivity index (χ1n) is 2.66. The lowest BCUT2D eigenvalue weighted by atomic mass is 10.9. The van der Waals surface area contributed by atoms with Crippen molar-refractivity contribution in [3.63, 3.8) is 0 Å². The topological polar surface area (TPSA) is 17.8 Å². The zero-order chi connectivity index (χ0) is 6.15. The van der Waals surface area contributed by atoms with Gasteiger partial charge in [0.15, 0.2) is 0 Å². The fourth-order valence-corrected chi connectivity index (χ4v) is 0.260. The molecule has 1 rings (SSSR count). The van der Waals surface area contributed by atoms with E-state index in [4.69, 9.17) is 2.74 Å².